The van der Waals surface area contributed by atoms with E-state index < -0.39 is 57.3 Å². The molecule has 2 aromatic carbocycles. The summed E-state index contributed by atoms with van der Waals surface area (Å²) in [5.41, 5.74) is -2.84. The van der Waals surface area contributed by atoms with Crippen LogP contribution in [0.25, 0.3) is 22.0 Å². The average Bonchev–Trinajstić information content (AvgIpc) is 2.93. The van der Waals surface area contributed by atoms with Crippen molar-refractivity contribution >= 4 is 46.0 Å². The quantitative estimate of drug-likeness (QED) is 0.199. The van der Waals surface area contributed by atoms with Crippen molar-refractivity contribution in [3.63, 3.8) is 0 Å². The number of aromatic nitrogens is 2. The molecule has 3 heterocycles. The molecule has 7 nitrogen and oxygen atoms in total. The molecule has 0 N–H and O–H groups in total. The summed E-state index contributed by atoms with van der Waals surface area (Å²) in [6.07, 6.45) is -3.78. The van der Waals surface area contributed by atoms with E-state index in [0.717, 1.165) is 23.9 Å². The van der Waals surface area contributed by atoms with Gasteiger partial charge in [-0.15, -0.1) is 11.8 Å². The number of hydrogen-bond donors (Lipinski definition) is 0. The Morgan fingerprint density at radius 1 is 1.19 bits per heavy atom. The molecule has 2 aliphatic heterocycles. The molecule has 1 saturated heterocycles. The maximum absolute atomic E-state index is 15.2. The number of benzene rings is 2. The number of alkyl halides is 3. The normalized spacial score (nSPS) is 20.7. The summed E-state index contributed by atoms with van der Waals surface area (Å²) in [5.74, 6) is -2.48. The van der Waals surface area contributed by atoms with Crippen LogP contribution < -0.4 is 10.6 Å². The molecule has 0 spiro atoms. The van der Waals surface area contributed by atoms with Crippen LogP contribution in [0.2, 0.25) is 5.02 Å². The number of hydrogen-bond acceptors (Lipinski definition) is 6. The van der Waals surface area contributed by atoms with Crippen LogP contribution in [-0.4, -0.2) is 65.0 Å². The molecule has 0 aliphatic carbocycles. The van der Waals surface area contributed by atoms with Gasteiger partial charge in [-0.2, -0.15) is 18.2 Å². The number of nitrogens with zero attached hydrogens (tertiary/aromatic N) is 4. The summed E-state index contributed by atoms with van der Waals surface area (Å²) >= 11 is 6.92. The fourth-order valence-electron chi connectivity index (χ4n) is 5.68. The van der Waals surface area contributed by atoms with Gasteiger partial charge in [0.05, 0.1) is 28.8 Å². The molecule has 1 amide bonds. The lowest BCUT2D eigenvalue weighted by Crippen LogP contribution is -2.58. The van der Waals surface area contributed by atoms with Crippen LogP contribution in [0.5, 0.6) is 0 Å². The van der Waals surface area contributed by atoms with Gasteiger partial charge in [0.2, 0.25) is 5.91 Å². The highest BCUT2D eigenvalue weighted by Crippen LogP contribution is 2.50. The second-order valence-corrected chi connectivity index (χ2v) is 11.8. The number of carbonyl (C=O) groups is 1. The van der Waals surface area contributed by atoms with Gasteiger partial charge in [-0.05, 0) is 32.1 Å². The lowest BCUT2D eigenvalue weighted by atomic mass is 9.95. The van der Waals surface area contributed by atoms with Gasteiger partial charge in [-0.25, -0.2) is 13.6 Å². The molecular formula is C28H26ClF5N4O3S. The van der Waals surface area contributed by atoms with Gasteiger partial charge in [0.15, 0.2) is 0 Å². The standard InChI is InChI=1S/C28H26ClF5N4O3S/c1-5-22(39)36-9-14(3)37(10-13(36)2)26-17-6-18(28(32,33)34)23(16-7-19(29)21(31)8-20(16)30)25-24(17)38(27(40)35-26)15(11-41-4)12-42-25/h5-8,13-15H,1,9-12H2,2-4H3/t13-,14+,15+/m1/s1. The fourth-order valence-corrected chi connectivity index (χ4v) is 7.15. The van der Waals surface area contributed by atoms with Crippen molar-refractivity contribution in [2.45, 2.75) is 43.0 Å². The molecule has 2 aliphatic rings. The molecule has 0 unspecified atom stereocenters. The zero-order valence-electron chi connectivity index (χ0n) is 22.8. The Morgan fingerprint density at radius 3 is 2.55 bits per heavy atom. The summed E-state index contributed by atoms with van der Waals surface area (Å²) in [7, 11) is 1.44. The van der Waals surface area contributed by atoms with Crippen molar-refractivity contribution < 1.29 is 31.5 Å². The Bertz CT molecular complexity index is 1660. The van der Waals surface area contributed by atoms with Crippen molar-refractivity contribution in [2.75, 3.05) is 37.5 Å². The first-order chi connectivity index (χ1) is 19.8. The molecule has 3 atom stereocenters. The topological polar surface area (TPSA) is 67.7 Å². The van der Waals surface area contributed by atoms with Gasteiger partial charge in [-0.1, -0.05) is 18.2 Å². The van der Waals surface area contributed by atoms with Gasteiger partial charge < -0.3 is 14.5 Å². The molecule has 1 aromatic heterocycles. The van der Waals surface area contributed by atoms with E-state index in [2.05, 4.69) is 11.6 Å². The van der Waals surface area contributed by atoms with E-state index in [4.69, 9.17) is 16.3 Å². The first-order valence-electron chi connectivity index (χ1n) is 12.9. The number of halogens is 6. The Hall–Kier alpha value is -3.16. The highest BCUT2D eigenvalue weighted by atomic mass is 35.5. The van der Waals surface area contributed by atoms with Crippen molar-refractivity contribution in [1.29, 1.82) is 0 Å². The fraction of sp³-hybridized carbons (Fsp3) is 0.393. The van der Waals surface area contributed by atoms with Gasteiger partial charge >= 0.3 is 11.9 Å². The van der Waals surface area contributed by atoms with E-state index in [1.54, 1.807) is 23.6 Å². The largest absolute Gasteiger partial charge is 0.417 e. The summed E-state index contributed by atoms with van der Waals surface area (Å²) in [5, 5.41) is -0.516. The highest BCUT2D eigenvalue weighted by Gasteiger charge is 2.41. The summed E-state index contributed by atoms with van der Waals surface area (Å²) < 4.78 is 80.1. The van der Waals surface area contributed by atoms with Gasteiger partial charge in [0.25, 0.3) is 0 Å². The summed E-state index contributed by atoms with van der Waals surface area (Å²) in [6, 6.07) is 0.753. The van der Waals surface area contributed by atoms with Gasteiger partial charge in [-0.3, -0.25) is 9.36 Å². The second-order valence-electron chi connectivity index (χ2n) is 10.3. The maximum atomic E-state index is 15.2. The van der Waals surface area contributed by atoms with E-state index in [1.165, 1.54) is 17.8 Å². The number of piperazine rings is 1. The van der Waals surface area contributed by atoms with Crippen LogP contribution in [0, 0.1) is 11.6 Å². The third-order valence-corrected chi connectivity index (χ3v) is 9.12. The molecule has 1 fully saturated rings. The molecular weight excluding hydrogens is 603 g/mol. The van der Waals surface area contributed by atoms with Crippen molar-refractivity contribution in [3.05, 3.63) is 63.6 Å². The SMILES string of the molecule is C=CC(=O)N1C[C@H](C)N(c2nc(=O)n3c4c(c(-c5cc(Cl)c(F)cc5F)c(C(F)(F)F)cc24)SC[C@@H]3COC)C[C@H]1C. The van der Waals surface area contributed by atoms with E-state index in [-0.39, 0.29) is 59.0 Å². The Labute approximate surface area is 246 Å². The average molecular weight is 629 g/mol. The lowest BCUT2D eigenvalue weighted by molar-refractivity contribution is -0.137. The molecule has 224 valence electrons. The van der Waals surface area contributed by atoms with Crippen LogP contribution in [0.1, 0.15) is 25.5 Å². The monoisotopic (exact) mass is 628 g/mol. The maximum Gasteiger partial charge on any atom is 0.417 e. The molecule has 0 bridgehead atoms. The zero-order chi connectivity index (χ0) is 30.7. The molecule has 0 radical (unpaired) electrons. The zero-order valence-corrected chi connectivity index (χ0v) is 24.3. The number of rotatable bonds is 5. The van der Waals surface area contributed by atoms with E-state index >= 15 is 4.39 Å². The molecule has 42 heavy (non-hydrogen) atoms. The van der Waals surface area contributed by atoms with Crippen molar-refractivity contribution in [2.24, 2.45) is 0 Å². The number of carbonyl (C=O) groups excluding carboxylic acids is 1. The first-order valence-corrected chi connectivity index (χ1v) is 14.3. The number of methoxy groups -OCH3 is 1. The number of anilines is 1. The summed E-state index contributed by atoms with van der Waals surface area (Å²) in [6.45, 7) is 7.56. The Balaban J connectivity index is 1.86. The van der Waals surface area contributed by atoms with E-state index in [1.807, 2.05) is 0 Å². The predicted molar refractivity (Wildman–Crippen MR) is 151 cm³/mol. The van der Waals surface area contributed by atoms with Gasteiger partial charge in [0.1, 0.15) is 17.5 Å². The van der Waals surface area contributed by atoms with Crippen LogP contribution in [0.15, 0.2) is 40.5 Å². The van der Waals surface area contributed by atoms with E-state index in [0.29, 0.717) is 6.07 Å². The number of ether oxygens (including phenoxy) is 1. The van der Waals surface area contributed by atoms with Crippen molar-refractivity contribution in [3.8, 4) is 11.1 Å². The third-order valence-electron chi connectivity index (χ3n) is 7.59. The lowest BCUT2D eigenvalue weighted by Gasteiger charge is -2.45. The minimum Gasteiger partial charge on any atom is -0.383 e. The minimum atomic E-state index is -4.97. The van der Waals surface area contributed by atoms with Crippen LogP contribution in [0.4, 0.5) is 27.8 Å². The third kappa shape index (κ3) is 5.05. The smallest absolute Gasteiger partial charge is 0.383 e. The van der Waals surface area contributed by atoms with Crippen LogP contribution in [0.3, 0.4) is 0 Å². The van der Waals surface area contributed by atoms with Gasteiger partial charge in [0, 0.05) is 65.5 Å². The van der Waals surface area contributed by atoms with E-state index in [9.17, 15) is 27.2 Å². The Kier molecular flexibility index (Phi) is 8.05. The van der Waals surface area contributed by atoms with Crippen LogP contribution in [-0.2, 0) is 15.7 Å². The first kappa shape index (κ1) is 30.3. The molecule has 14 heteroatoms. The summed E-state index contributed by atoms with van der Waals surface area (Å²) in [4.78, 5) is 33.6. The van der Waals surface area contributed by atoms with Crippen molar-refractivity contribution in [1.82, 2.24) is 14.5 Å². The minimum absolute atomic E-state index is 0.00400. The molecule has 5 rings (SSSR count). The Morgan fingerprint density at radius 2 is 1.90 bits per heavy atom. The molecule has 3 aromatic rings. The highest BCUT2D eigenvalue weighted by molar-refractivity contribution is 7.99. The number of thioether (sulfide) groups is 1. The predicted octanol–water partition coefficient (Wildman–Crippen LogP) is 5.92. The number of amides is 1. The molecule has 0 saturated carbocycles. The van der Waals surface area contributed by atoms with Crippen LogP contribution >= 0.6 is 23.4 Å². The second kappa shape index (κ2) is 11.2.